The molecule has 3 aliphatic rings. The molecule has 4 rings (SSSR count). The van der Waals surface area contributed by atoms with E-state index in [1.807, 2.05) is 0 Å². The van der Waals surface area contributed by atoms with Crippen LogP contribution in [0.25, 0.3) is 0 Å². The lowest BCUT2D eigenvalue weighted by atomic mass is 9.95. The van der Waals surface area contributed by atoms with Gasteiger partial charge in [-0.05, 0) is 38.8 Å². The van der Waals surface area contributed by atoms with Gasteiger partial charge in [0.05, 0.1) is 12.1 Å². The Morgan fingerprint density at radius 2 is 1.78 bits per heavy atom. The van der Waals surface area contributed by atoms with E-state index in [2.05, 4.69) is 25.9 Å². The summed E-state index contributed by atoms with van der Waals surface area (Å²) < 4.78 is 0. The predicted octanol–water partition coefficient (Wildman–Crippen LogP) is -1.48. The highest BCUT2D eigenvalue weighted by Crippen LogP contribution is 2.21. The van der Waals surface area contributed by atoms with E-state index in [0.717, 1.165) is 32.4 Å². The quantitative estimate of drug-likeness (QED) is 0.516. The summed E-state index contributed by atoms with van der Waals surface area (Å²) in [6, 6.07) is -1.48. The topological polar surface area (TPSA) is 137 Å². The molecule has 3 N–H and O–H groups in total. The number of amides is 4. The van der Waals surface area contributed by atoms with Gasteiger partial charge >= 0.3 is 0 Å². The summed E-state index contributed by atoms with van der Waals surface area (Å²) in [6.07, 6.45) is 6.98. The summed E-state index contributed by atoms with van der Waals surface area (Å²) >= 11 is 0. The lowest BCUT2D eigenvalue weighted by molar-refractivity contribution is -0.147. The van der Waals surface area contributed by atoms with Gasteiger partial charge in [0.2, 0.25) is 17.7 Å². The summed E-state index contributed by atoms with van der Waals surface area (Å²) in [5, 5.41) is 8.81. The van der Waals surface area contributed by atoms with E-state index in [0.29, 0.717) is 25.1 Å². The largest absolute Gasteiger partial charge is 0.354 e. The van der Waals surface area contributed by atoms with Crippen molar-refractivity contribution in [1.82, 2.24) is 35.7 Å². The molecular weight excluding hydrogens is 414 g/mol. The maximum atomic E-state index is 13.3. The molecule has 11 nitrogen and oxygen atoms in total. The van der Waals surface area contributed by atoms with E-state index < -0.39 is 18.0 Å². The summed E-state index contributed by atoms with van der Waals surface area (Å²) in [6.45, 7) is 2.76. The van der Waals surface area contributed by atoms with Crippen LogP contribution >= 0.6 is 0 Å². The molecule has 3 saturated heterocycles. The van der Waals surface area contributed by atoms with Crippen LogP contribution in [0.4, 0.5) is 0 Å². The minimum Gasteiger partial charge on any atom is -0.354 e. The van der Waals surface area contributed by atoms with Gasteiger partial charge in [0.15, 0.2) is 0 Å². The van der Waals surface area contributed by atoms with Crippen molar-refractivity contribution in [2.24, 2.45) is 5.92 Å². The molecule has 4 heterocycles. The van der Waals surface area contributed by atoms with Gasteiger partial charge in [-0.15, -0.1) is 0 Å². The van der Waals surface area contributed by atoms with Crippen molar-refractivity contribution in [3.63, 3.8) is 0 Å². The van der Waals surface area contributed by atoms with Crippen LogP contribution in [-0.4, -0.2) is 94.7 Å². The Hall–Kier alpha value is -3.08. The first-order valence-electron chi connectivity index (χ1n) is 11.2. The molecule has 0 spiro atoms. The molecule has 0 bridgehead atoms. The van der Waals surface area contributed by atoms with E-state index in [1.54, 1.807) is 9.80 Å². The average Bonchev–Trinajstić information content (AvgIpc) is 2.85. The number of nitrogens with zero attached hydrogens (tertiary/aromatic N) is 4. The third-order valence-electron chi connectivity index (χ3n) is 6.35. The summed E-state index contributed by atoms with van der Waals surface area (Å²) in [5.41, 5.74) is 0.330. The smallest absolute Gasteiger partial charge is 0.257 e. The number of piperidine rings is 2. The molecule has 4 amide bonds. The molecule has 11 heteroatoms. The number of piperazine rings is 1. The van der Waals surface area contributed by atoms with Crippen molar-refractivity contribution in [1.29, 1.82) is 0 Å². The summed E-state index contributed by atoms with van der Waals surface area (Å²) in [4.78, 5) is 62.5. The second kappa shape index (κ2) is 10.0. The van der Waals surface area contributed by atoms with E-state index in [1.165, 1.54) is 18.7 Å². The van der Waals surface area contributed by atoms with Crippen LogP contribution in [0, 0.1) is 5.92 Å². The van der Waals surface area contributed by atoms with Crippen LogP contribution in [0.2, 0.25) is 0 Å². The minimum atomic E-state index is -0.852. The van der Waals surface area contributed by atoms with Crippen molar-refractivity contribution in [2.45, 2.75) is 37.8 Å². The predicted molar refractivity (Wildman–Crippen MR) is 113 cm³/mol. The second-order valence-corrected chi connectivity index (χ2v) is 8.44. The SMILES string of the molecule is O=C1NCCC[C@@H]1NC(=O)[C@@H]1CN(C(=O)c2cncnc2)CCN1C(=O)C1CCNCC1. The first-order chi connectivity index (χ1) is 15.5. The molecular formula is C21H29N7O4. The molecule has 3 fully saturated rings. The number of rotatable bonds is 4. The molecule has 0 aromatic carbocycles. The number of hydrogen-bond acceptors (Lipinski definition) is 7. The van der Waals surface area contributed by atoms with Crippen LogP contribution in [0.5, 0.6) is 0 Å². The van der Waals surface area contributed by atoms with E-state index in [-0.39, 0.29) is 36.7 Å². The zero-order valence-corrected chi connectivity index (χ0v) is 18.0. The number of nitrogens with one attached hydrogen (secondary N) is 3. The molecule has 32 heavy (non-hydrogen) atoms. The molecule has 0 unspecified atom stereocenters. The Morgan fingerprint density at radius 3 is 2.50 bits per heavy atom. The number of carbonyl (C=O) groups excluding carboxylic acids is 4. The van der Waals surface area contributed by atoms with Gasteiger partial charge in [-0.1, -0.05) is 0 Å². The van der Waals surface area contributed by atoms with Gasteiger partial charge in [0, 0.05) is 37.9 Å². The zero-order chi connectivity index (χ0) is 22.5. The molecule has 1 aromatic heterocycles. The van der Waals surface area contributed by atoms with Crippen LogP contribution in [-0.2, 0) is 14.4 Å². The maximum Gasteiger partial charge on any atom is 0.257 e. The van der Waals surface area contributed by atoms with Gasteiger partial charge in [-0.25, -0.2) is 9.97 Å². The highest BCUT2D eigenvalue weighted by atomic mass is 16.2. The monoisotopic (exact) mass is 443 g/mol. The Kier molecular flexibility index (Phi) is 6.93. The molecule has 0 radical (unpaired) electrons. The second-order valence-electron chi connectivity index (χ2n) is 8.44. The summed E-state index contributed by atoms with van der Waals surface area (Å²) in [5.74, 6) is -1.11. The van der Waals surface area contributed by atoms with Crippen molar-refractivity contribution < 1.29 is 19.2 Å². The van der Waals surface area contributed by atoms with Gasteiger partial charge in [0.1, 0.15) is 18.4 Å². The van der Waals surface area contributed by atoms with Gasteiger partial charge < -0.3 is 25.8 Å². The number of hydrogen-bond donors (Lipinski definition) is 3. The van der Waals surface area contributed by atoms with Crippen molar-refractivity contribution in [2.75, 3.05) is 39.3 Å². The fourth-order valence-corrected chi connectivity index (χ4v) is 4.53. The zero-order valence-electron chi connectivity index (χ0n) is 18.0. The third kappa shape index (κ3) is 4.87. The highest BCUT2D eigenvalue weighted by molar-refractivity contribution is 5.96. The average molecular weight is 444 g/mol. The first-order valence-corrected chi connectivity index (χ1v) is 11.2. The van der Waals surface area contributed by atoms with Crippen LogP contribution in [0.1, 0.15) is 36.0 Å². The minimum absolute atomic E-state index is 0.0601. The molecule has 0 saturated carbocycles. The van der Waals surface area contributed by atoms with E-state index in [9.17, 15) is 19.2 Å². The van der Waals surface area contributed by atoms with Gasteiger partial charge in [0.25, 0.3) is 5.91 Å². The lowest BCUT2D eigenvalue weighted by Gasteiger charge is -2.42. The maximum absolute atomic E-state index is 13.3. The number of carbonyl (C=O) groups is 4. The molecule has 172 valence electrons. The molecule has 0 aliphatic carbocycles. The van der Waals surface area contributed by atoms with Crippen LogP contribution in [0.3, 0.4) is 0 Å². The molecule has 2 atom stereocenters. The van der Waals surface area contributed by atoms with Crippen LogP contribution in [0.15, 0.2) is 18.7 Å². The van der Waals surface area contributed by atoms with E-state index >= 15 is 0 Å². The fourth-order valence-electron chi connectivity index (χ4n) is 4.53. The Morgan fingerprint density at radius 1 is 1.03 bits per heavy atom. The highest BCUT2D eigenvalue weighted by Gasteiger charge is 2.40. The van der Waals surface area contributed by atoms with Crippen molar-refractivity contribution >= 4 is 23.6 Å². The first kappa shape index (κ1) is 22.1. The third-order valence-corrected chi connectivity index (χ3v) is 6.35. The molecule has 1 aromatic rings. The van der Waals surface area contributed by atoms with Crippen molar-refractivity contribution in [3.8, 4) is 0 Å². The number of aromatic nitrogens is 2. The van der Waals surface area contributed by atoms with Gasteiger partial charge in [-0.2, -0.15) is 0 Å². The lowest BCUT2D eigenvalue weighted by Crippen LogP contribution is -2.64. The Bertz CT molecular complexity index is 859. The summed E-state index contributed by atoms with van der Waals surface area (Å²) in [7, 11) is 0. The van der Waals surface area contributed by atoms with E-state index in [4.69, 9.17) is 0 Å². The fraction of sp³-hybridized carbons (Fsp3) is 0.619. The normalized spacial score (nSPS) is 24.6. The van der Waals surface area contributed by atoms with Crippen LogP contribution < -0.4 is 16.0 Å². The Labute approximate surface area is 186 Å². The molecule has 3 aliphatic heterocycles. The Balaban J connectivity index is 1.51. The van der Waals surface area contributed by atoms with Crippen molar-refractivity contribution in [3.05, 3.63) is 24.3 Å². The van der Waals surface area contributed by atoms with Gasteiger partial charge in [-0.3, -0.25) is 19.2 Å². The standard InChI is InChI=1S/C21H29N7O4/c29-18-16(2-1-5-25-18)26-19(30)17-12-27(20(31)15-10-23-13-24-11-15)8-9-28(17)21(32)14-3-6-22-7-4-14/h10-11,13-14,16-17,22H,1-9,12H2,(H,25,29)(H,26,30)/t16-,17-/m0/s1.